The SMILES string of the molecule is CC(=O)OC1Oc2ccccc2-c2oc(=O)c(-c3cc4ccccc4oc3=O)cc21. The number of ether oxygens (including phenoxy) is 2. The first-order chi connectivity index (χ1) is 14.5. The summed E-state index contributed by atoms with van der Waals surface area (Å²) in [5.41, 5.74) is -0.0735. The molecule has 0 bridgehead atoms. The van der Waals surface area contributed by atoms with Gasteiger partial charge in [0.15, 0.2) is 5.76 Å². The quantitative estimate of drug-likeness (QED) is 0.369. The van der Waals surface area contributed by atoms with E-state index in [-0.39, 0.29) is 16.9 Å². The number of carbonyl (C=O) groups excluding carboxylic acids is 1. The van der Waals surface area contributed by atoms with Crippen molar-refractivity contribution in [3.05, 3.63) is 87.1 Å². The van der Waals surface area contributed by atoms with Crippen molar-refractivity contribution in [3.8, 4) is 28.2 Å². The Morgan fingerprint density at radius 2 is 1.57 bits per heavy atom. The lowest BCUT2D eigenvalue weighted by molar-refractivity contribution is -0.162. The monoisotopic (exact) mass is 402 g/mol. The van der Waals surface area contributed by atoms with Gasteiger partial charge in [0, 0.05) is 12.3 Å². The van der Waals surface area contributed by atoms with Crippen LogP contribution in [0.4, 0.5) is 0 Å². The van der Waals surface area contributed by atoms with Crippen molar-refractivity contribution in [1.82, 2.24) is 0 Å². The molecule has 0 saturated carbocycles. The maximum atomic E-state index is 12.8. The molecule has 2 aromatic heterocycles. The van der Waals surface area contributed by atoms with Gasteiger partial charge < -0.3 is 18.3 Å². The second-order valence-corrected chi connectivity index (χ2v) is 6.77. The van der Waals surface area contributed by atoms with Gasteiger partial charge in [-0.3, -0.25) is 4.79 Å². The van der Waals surface area contributed by atoms with Gasteiger partial charge in [0.25, 0.3) is 6.29 Å². The van der Waals surface area contributed by atoms with E-state index in [1.807, 2.05) is 0 Å². The summed E-state index contributed by atoms with van der Waals surface area (Å²) < 4.78 is 22.0. The normalized spacial score (nSPS) is 14.5. The van der Waals surface area contributed by atoms with Crippen molar-refractivity contribution in [2.24, 2.45) is 0 Å². The molecular weight excluding hydrogens is 388 g/mol. The zero-order valence-electron chi connectivity index (χ0n) is 15.7. The smallest absolute Gasteiger partial charge is 0.344 e. The maximum absolute atomic E-state index is 12.8. The van der Waals surface area contributed by atoms with Gasteiger partial charge in [-0.15, -0.1) is 0 Å². The van der Waals surface area contributed by atoms with E-state index < -0.39 is 23.5 Å². The largest absolute Gasteiger partial charge is 0.450 e. The highest BCUT2D eigenvalue weighted by Crippen LogP contribution is 2.43. The highest BCUT2D eigenvalue weighted by Gasteiger charge is 2.32. The van der Waals surface area contributed by atoms with Crippen LogP contribution in [0.1, 0.15) is 18.8 Å². The Balaban J connectivity index is 1.76. The zero-order chi connectivity index (χ0) is 20.8. The minimum absolute atomic E-state index is 0.00612. The number of benzene rings is 2. The first-order valence-electron chi connectivity index (χ1n) is 9.16. The summed E-state index contributed by atoms with van der Waals surface area (Å²) in [7, 11) is 0. The summed E-state index contributed by atoms with van der Waals surface area (Å²) in [6, 6.07) is 16.9. The Morgan fingerprint density at radius 3 is 2.40 bits per heavy atom. The van der Waals surface area contributed by atoms with Crippen LogP contribution in [0.15, 0.2) is 79.1 Å². The molecule has 0 fully saturated rings. The van der Waals surface area contributed by atoms with Crippen LogP contribution >= 0.6 is 0 Å². The summed E-state index contributed by atoms with van der Waals surface area (Å²) in [5.74, 6) is 0.0719. The average Bonchev–Trinajstić information content (AvgIpc) is 2.73. The van der Waals surface area contributed by atoms with Gasteiger partial charge in [-0.05, 0) is 30.3 Å². The highest BCUT2D eigenvalue weighted by molar-refractivity contribution is 5.82. The number of fused-ring (bicyclic) bond motifs is 4. The lowest BCUT2D eigenvalue weighted by Gasteiger charge is -2.26. The number of hydrogen-bond acceptors (Lipinski definition) is 7. The molecule has 1 aliphatic rings. The Labute approximate surface area is 169 Å². The summed E-state index contributed by atoms with van der Waals surface area (Å²) >= 11 is 0. The van der Waals surface area contributed by atoms with E-state index >= 15 is 0 Å². The van der Waals surface area contributed by atoms with Gasteiger partial charge >= 0.3 is 17.2 Å². The van der Waals surface area contributed by atoms with Crippen molar-refractivity contribution in [2.45, 2.75) is 13.2 Å². The molecule has 5 rings (SSSR count). The second kappa shape index (κ2) is 6.73. The van der Waals surface area contributed by atoms with E-state index in [9.17, 15) is 14.4 Å². The fraction of sp³-hybridized carbons (Fsp3) is 0.0870. The Hall–Kier alpha value is -4.13. The van der Waals surface area contributed by atoms with Crippen LogP contribution in [0.2, 0.25) is 0 Å². The van der Waals surface area contributed by atoms with Crippen LogP contribution in [0, 0.1) is 0 Å². The molecule has 148 valence electrons. The molecule has 1 atom stereocenters. The van der Waals surface area contributed by atoms with Crippen LogP contribution in [-0.4, -0.2) is 5.97 Å². The van der Waals surface area contributed by atoms with Gasteiger partial charge in [-0.25, -0.2) is 9.59 Å². The molecule has 0 spiro atoms. The van der Waals surface area contributed by atoms with Crippen LogP contribution in [0.3, 0.4) is 0 Å². The summed E-state index contributed by atoms with van der Waals surface area (Å²) in [6.07, 6.45) is -1.12. The molecule has 0 N–H and O–H groups in total. The third-order valence-electron chi connectivity index (χ3n) is 4.80. The van der Waals surface area contributed by atoms with E-state index in [2.05, 4.69) is 0 Å². The molecule has 3 heterocycles. The second-order valence-electron chi connectivity index (χ2n) is 6.77. The van der Waals surface area contributed by atoms with Gasteiger partial charge in [-0.2, -0.15) is 0 Å². The van der Waals surface area contributed by atoms with Crippen molar-refractivity contribution in [2.75, 3.05) is 0 Å². The maximum Gasteiger partial charge on any atom is 0.344 e. The van der Waals surface area contributed by atoms with Crippen LogP contribution in [0.25, 0.3) is 33.4 Å². The highest BCUT2D eigenvalue weighted by atomic mass is 16.7. The standard InChI is InChI=1S/C23H14O7/c1-12(24)27-23-17-11-16(15-10-13-6-2-4-8-18(13)28-21(15)25)22(26)30-20(17)14-7-3-5-9-19(14)29-23/h2-11,23H,1H3. The molecule has 0 amide bonds. The third-order valence-corrected chi connectivity index (χ3v) is 4.80. The molecule has 0 radical (unpaired) electrons. The minimum Gasteiger partial charge on any atom is -0.450 e. The summed E-state index contributed by atoms with van der Waals surface area (Å²) in [5, 5.41) is 0.655. The predicted octanol–water partition coefficient (Wildman–Crippen LogP) is 4.03. The van der Waals surface area contributed by atoms with E-state index in [4.69, 9.17) is 18.3 Å². The van der Waals surface area contributed by atoms with E-state index in [0.29, 0.717) is 27.8 Å². The Bertz CT molecular complexity index is 1430. The molecule has 30 heavy (non-hydrogen) atoms. The fourth-order valence-corrected chi connectivity index (χ4v) is 3.48. The van der Waals surface area contributed by atoms with Crippen LogP contribution in [-0.2, 0) is 9.53 Å². The average molecular weight is 402 g/mol. The fourth-order valence-electron chi connectivity index (χ4n) is 3.48. The number of hydrogen-bond donors (Lipinski definition) is 0. The number of esters is 1. The van der Waals surface area contributed by atoms with Gasteiger partial charge in [0.2, 0.25) is 0 Å². The first-order valence-corrected chi connectivity index (χ1v) is 9.16. The molecule has 2 aromatic carbocycles. The van der Waals surface area contributed by atoms with E-state index in [1.165, 1.54) is 13.0 Å². The molecule has 1 aliphatic heterocycles. The first kappa shape index (κ1) is 17.9. The minimum atomic E-state index is -1.12. The summed E-state index contributed by atoms with van der Waals surface area (Å²) in [4.78, 5) is 37.0. The van der Waals surface area contributed by atoms with Gasteiger partial charge in [-0.1, -0.05) is 30.3 Å². The van der Waals surface area contributed by atoms with Crippen LogP contribution < -0.4 is 16.0 Å². The van der Waals surface area contributed by atoms with Crippen molar-refractivity contribution < 1.29 is 23.1 Å². The molecule has 0 saturated heterocycles. The van der Waals surface area contributed by atoms with Crippen LogP contribution in [0.5, 0.6) is 5.75 Å². The number of para-hydroxylation sites is 2. The number of carbonyl (C=O) groups is 1. The topological polar surface area (TPSA) is 96.0 Å². The van der Waals surface area contributed by atoms with Gasteiger partial charge in [0.05, 0.1) is 22.3 Å². The zero-order valence-corrected chi connectivity index (χ0v) is 15.7. The molecule has 1 unspecified atom stereocenters. The number of rotatable bonds is 2. The van der Waals surface area contributed by atoms with Gasteiger partial charge in [0.1, 0.15) is 11.3 Å². The molecule has 0 aliphatic carbocycles. The van der Waals surface area contributed by atoms with E-state index in [0.717, 1.165) is 0 Å². The Morgan fingerprint density at radius 1 is 0.867 bits per heavy atom. The van der Waals surface area contributed by atoms with Crippen molar-refractivity contribution in [3.63, 3.8) is 0 Å². The van der Waals surface area contributed by atoms with E-state index in [1.54, 1.807) is 54.6 Å². The molecule has 7 nitrogen and oxygen atoms in total. The molecular formula is C23H14O7. The Kier molecular flexibility index (Phi) is 4.03. The third kappa shape index (κ3) is 2.88. The van der Waals surface area contributed by atoms with Crippen molar-refractivity contribution >= 4 is 16.9 Å². The summed E-state index contributed by atoms with van der Waals surface area (Å²) in [6.45, 7) is 1.25. The lowest BCUT2D eigenvalue weighted by atomic mass is 9.99. The molecule has 4 aromatic rings. The lowest BCUT2D eigenvalue weighted by Crippen LogP contribution is -2.22. The molecule has 7 heteroatoms. The van der Waals surface area contributed by atoms with Crippen molar-refractivity contribution in [1.29, 1.82) is 0 Å². The predicted molar refractivity (Wildman–Crippen MR) is 107 cm³/mol.